The zero-order chi connectivity index (χ0) is 9.10. The van der Waals surface area contributed by atoms with Crippen LogP contribution in [0.4, 0.5) is 0 Å². The average Bonchev–Trinajstić information content (AvgIpc) is 2.49. The smallest absolute Gasteiger partial charge is 0.0168 e. The van der Waals surface area contributed by atoms with Gasteiger partial charge >= 0.3 is 0 Å². The third kappa shape index (κ3) is 2.88. The lowest BCUT2D eigenvalue weighted by atomic mass is 9.81. The number of hydrogen-bond acceptors (Lipinski definition) is 2. The Balaban J connectivity index is 1.61. The molecule has 0 aromatic heterocycles. The number of rotatable bonds is 4. The molecule has 2 aliphatic rings. The number of thioether (sulfide) groups is 1. The highest BCUT2D eigenvalue weighted by Crippen LogP contribution is 2.30. The van der Waals surface area contributed by atoms with Gasteiger partial charge in [-0.15, -0.1) is 0 Å². The molecule has 2 fully saturated rings. The summed E-state index contributed by atoms with van der Waals surface area (Å²) in [6.07, 6.45) is 7.27. The van der Waals surface area contributed by atoms with E-state index in [4.69, 9.17) is 0 Å². The van der Waals surface area contributed by atoms with Crippen LogP contribution in [0.5, 0.6) is 0 Å². The van der Waals surface area contributed by atoms with Gasteiger partial charge in [0, 0.05) is 17.8 Å². The summed E-state index contributed by atoms with van der Waals surface area (Å²) in [4.78, 5) is 0. The van der Waals surface area contributed by atoms with Crippen molar-refractivity contribution < 1.29 is 0 Å². The molecule has 2 heteroatoms. The van der Waals surface area contributed by atoms with Crippen LogP contribution in [0.2, 0.25) is 0 Å². The van der Waals surface area contributed by atoms with Gasteiger partial charge in [-0.1, -0.05) is 19.3 Å². The minimum absolute atomic E-state index is 0.758. The molecule has 1 aliphatic heterocycles. The summed E-state index contributed by atoms with van der Waals surface area (Å²) in [5.41, 5.74) is 0. The van der Waals surface area contributed by atoms with E-state index in [2.05, 4.69) is 24.0 Å². The van der Waals surface area contributed by atoms with Crippen LogP contribution in [0, 0.1) is 5.92 Å². The quantitative estimate of drug-likeness (QED) is 0.747. The van der Waals surface area contributed by atoms with Gasteiger partial charge in [0.25, 0.3) is 0 Å². The zero-order valence-electron chi connectivity index (χ0n) is 8.59. The van der Waals surface area contributed by atoms with Gasteiger partial charge in [-0.05, 0) is 31.4 Å². The second-order valence-corrected chi connectivity index (χ2v) is 5.81. The summed E-state index contributed by atoms with van der Waals surface area (Å²) in [6, 6.07) is 1.58. The van der Waals surface area contributed by atoms with E-state index in [1.54, 1.807) is 0 Å². The van der Waals surface area contributed by atoms with Gasteiger partial charge < -0.3 is 5.32 Å². The van der Waals surface area contributed by atoms with E-state index >= 15 is 0 Å². The summed E-state index contributed by atoms with van der Waals surface area (Å²) in [5.74, 6) is 3.76. The van der Waals surface area contributed by atoms with Gasteiger partial charge in [0.05, 0.1) is 0 Å². The third-order valence-corrected chi connectivity index (χ3v) is 4.52. The van der Waals surface area contributed by atoms with Crippen molar-refractivity contribution in [2.45, 2.75) is 51.1 Å². The van der Waals surface area contributed by atoms with Gasteiger partial charge in [0.2, 0.25) is 0 Å². The van der Waals surface area contributed by atoms with Crippen LogP contribution in [0.15, 0.2) is 0 Å². The molecule has 0 aromatic carbocycles. The highest BCUT2D eigenvalue weighted by atomic mass is 32.2. The van der Waals surface area contributed by atoms with Crippen LogP contribution in [0.3, 0.4) is 0 Å². The molecule has 0 bridgehead atoms. The lowest BCUT2D eigenvalue weighted by Gasteiger charge is -2.29. The summed E-state index contributed by atoms with van der Waals surface area (Å²) >= 11 is 2.10. The molecule has 1 aliphatic carbocycles. The molecule has 2 atom stereocenters. The van der Waals surface area contributed by atoms with Crippen LogP contribution < -0.4 is 5.32 Å². The second-order valence-electron chi connectivity index (χ2n) is 4.66. The van der Waals surface area contributed by atoms with Crippen LogP contribution in [-0.2, 0) is 0 Å². The SMILES string of the molecule is CC(CC1CCC1)NC1CCSC1. The Kier molecular flexibility index (Phi) is 3.56. The molecule has 0 spiro atoms. The van der Waals surface area contributed by atoms with Gasteiger partial charge in [-0.3, -0.25) is 0 Å². The summed E-state index contributed by atoms with van der Waals surface area (Å²) in [5, 5.41) is 3.76. The fraction of sp³-hybridized carbons (Fsp3) is 1.00. The molecule has 0 amide bonds. The summed E-state index contributed by atoms with van der Waals surface area (Å²) in [7, 11) is 0. The van der Waals surface area contributed by atoms with Crippen molar-refractivity contribution in [1.29, 1.82) is 0 Å². The Morgan fingerprint density at radius 3 is 2.77 bits per heavy atom. The summed E-state index contributed by atoms with van der Waals surface area (Å²) < 4.78 is 0. The highest BCUT2D eigenvalue weighted by Gasteiger charge is 2.22. The van der Waals surface area contributed by atoms with Crippen molar-refractivity contribution in [3.05, 3.63) is 0 Å². The van der Waals surface area contributed by atoms with E-state index < -0.39 is 0 Å². The van der Waals surface area contributed by atoms with Crippen LogP contribution in [0.1, 0.15) is 39.0 Å². The molecule has 1 N–H and O–H groups in total. The Labute approximate surface area is 86.0 Å². The minimum Gasteiger partial charge on any atom is -0.311 e. The van der Waals surface area contributed by atoms with Crippen molar-refractivity contribution in [3.8, 4) is 0 Å². The number of hydrogen-bond donors (Lipinski definition) is 1. The maximum absolute atomic E-state index is 3.76. The Bertz CT molecular complexity index is 150. The minimum atomic E-state index is 0.758. The van der Waals surface area contributed by atoms with Crippen molar-refractivity contribution >= 4 is 11.8 Å². The van der Waals surface area contributed by atoms with Crippen molar-refractivity contribution in [2.24, 2.45) is 5.92 Å². The monoisotopic (exact) mass is 199 g/mol. The Hall–Kier alpha value is 0.310. The first-order chi connectivity index (χ1) is 6.34. The molecular formula is C11H21NS. The topological polar surface area (TPSA) is 12.0 Å². The van der Waals surface area contributed by atoms with E-state index in [1.165, 1.54) is 43.6 Å². The first-order valence-electron chi connectivity index (χ1n) is 5.68. The third-order valence-electron chi connectivity index (χ3n) is 3.36. The highest BCUT2D eigenvalue weighted by molar-refractivity contribution is 7.99. The predicted octanol–water partition coefficient (Wildman–Crippen LogP) is 2.66. The molecule has 0 aromatic rings. The normalized spacial score (nSPS) is 31.6. The van der Waals surface area contributed by atoms with E-state index in [0.717, 1.165) is 18.0 Å². The fourth-order valence-corrected chi connectivity index (χ4v) is 3.53. The molecule has 2 unspecified atom stereocenters. The molecule has 0 radical (unpaired) electrons. The fourth-order valence-electron chi connectivity index (χ4n) is 2.36. The molecule has 13 heavy (non-hydrogen) atoms. The van der Waals surface area contributed by atoms with Gasteiger partial charge in [-0.2, -0.15) is 11.8 Å². The van der Waals surface area contributed by atoms with E-state index in [0.29, 0.717) is 0 Å². The van der Waals surface area contributed by atoms with Gasteiger partial charge in [0.15, 0.2) is 0 Å². The maximum Gasteiger partial charge on any atom is 0.0168 e. The molecule has 1 heterocycles. The second kappa shape index (κ2) is 4.70. The number of nitrogens with one attached hydrogen (secondary N) is 1. The molecule has 1 nitrogen and oxygen atoms in total. The van der Waals surface area contributed by atoms with E-state index in [9.17, 15) is 0 Å². The first-order valence-corrected chi connectivity index (χ1v) is 6.84. The van der Waals surface area contributed by atoms with Crippen molar-refractivity contribution in [3.63, 3.8) is 0 Å². The summed E-state index contributed by atoms with van der Waals surface area (Å²) in [6.45, 7) is 2.36. The molecule has 76 valence electrons. The van der Waals surface area contributed by atoms with Crippen LogP contribution in [0.25, 0.3) is 0 Å². The Morgan fingerprint density at radius 2 is 2.23 bits per heavy atom. The van der Waals surface area contributed by atoms with Crippen LogP contribution in [-0.4, -0.2) is 23.6 Å². The zero-order valence-corrected chi connectivity index (χ0v) is 9.41. The van der Waals surface area contributed by atoms with Gasteiger partial charge in [0.1, 0.15) is 0 Å². The molecule has 1 saturated heterocycles. The standard InChI is InChI=1S/C11H21NS/c1-9(7-10-3-2-4-10)12-11-5-6-13-8-11/h9-12H,2-8H2,1H3. The van der Waals surface area contributed by atoms with E-state index in [-0.39, 0.29) is 0 Å². The maximum atomic E-state index is 3.76. The average molecular weight is 199 g/mol. The largest absolute Gasteiger partial charge is 0.311 e. The van der Waals surface area contributed by atoms with Crippen molar-refractivity contribution in [2.75, 3.05) is 11.5 Å². The molecule has 1 saturated carbocycles. The van der Waals surface area contributed by atoms with Gasteiger partial charge in [-0.25, -0.2) is 0 Å². The predicted molar refractivity (Wildman–Crippen MR) is 60.3 cm³/mol. The van der Waals surface area contributed by atoms with Crippen molar-refractivity contribution in [1.82, 2.24) is 5.32 Å². The molecular weight excluding hydrogens is 178 g/mol. The molecule has 2 rings (SSSR count). The lowest BCUT2D eigenvalue weighted by molar-refractivity contribution is 0.260. The van der Waals surface area contributed by atoms with Crippen LogP contribution >= 0.6 is 11.8 Å². The Morgan fingerprint density at radius 1 is 1.38 bits per heavy atom. The first kappa shape index (κ1) is 9.85. The van der Waals surface area contributed by atoms with E-state index in [1.807, 2.05) is 0 Å². The lowest BCUT2D eigenvalue weighted by Crippen LogP contribution is -2.38.